The van der Waals surface area contributed by atoms with Crippen LogP contribution in [0, 0.1) is 17.8 Å². The number of carbonyl (C=O) groups excluding carboxylic acids is 6. The number of hydrogen-bond donors (Lipinski definition) is 6. The van der Waals surface area contributed by atoms with E-state index in [1.807, 2.05) is 20.8 Å². The number of hydrogen-bond acceptors (Lipinski definition) is 9. The lowest BCUT2D eigenvalue weighted by Gasteiger charge is -2.34. The van der Waals surface area contributed by atoms with Gasteiger partial charge in [-0.15, -0.1) is 0 Å². The maximum atomic E-state index is 14.0. The molecule has 0 bridgehead atoms. The van der Waals surface area contributed by atoms with Crippen molar-refractivity contribution in [3.05, 3.63) is 0 Å². The molecule has 1 rings (SSSR count). The van der Waals surface area contributed by atoms with Crippen LogP contribution in [-0.4, -0.2) is 108 Å². The minimum absolute atomic E-state index is 0.00436. The minimum atomic E-state index is -1.52. The number of cyclic esters (lactones) is 1. The Kier molecular flexibility index (Phi) is 20.7. The molecule has 0 aromatic rings. The van der Waals surface area contributed by atoms with E-state index in [0.29, 0.717) is 19.3 Å². The normalized spacial score (nSPS) is 26.1. The quantitative estimate of drug-likeness (QED) is 0.108. The van der Waals surface area contributed by atoms with E-state index in [1.54, 1.807) is 13.8 Å². The Labute approximate surface area is 292 Å². The van der Waals surface area contributed by atoms with Gasteiger partial charge in [0, 0.05) is 7.05 Å². The van der Waals surface area contributed by atoms with Gasteiger partial charge in [-0.05, 0) is 31.1 Å². The second-order valence-corrected chi connectivity index (χ2v) is 13.8. The summed E-state index contributed by atoms with van der Waals surface area (Å²) in [6.45, 7) is 8.95. The molecule has 1 aliphatic heterocycles. The number of carbonyl (C=O) groups is 6. The van der Waals surface area contributed by atoms with Gasteiger partial charge in [0.15, 0.2) is 0 Å². The molecule has 7 atom stereocenters. The van der Waals surface area contributed by atoms with Crippen molar-refractivity contribution in [1.82, 2.24) is 26.2 Å². The maximum Gasteiger partial charge on any atom is 0.325 e. The minimum Gasteiger partial charge on any atom is -0.460 e. The van der Waals surface area contributed by atoms with Crippen LogP contribution in [0.5, 0.6) is 0 Å². The Morgan fingerprint density at radius 1 is 0.776 bits per heavy atom. The molecule has 0 aliphatic carbocycles. The number of nitrogens with zero attached hydrogens (tertiary/aromatic N) is 1. The summed E-state index contributed by atoms with van der Waals surface area (Å²) in [4.78, 5) is 81.4. The van der Waals surface area contributed by atoms with Crippen LogP contribution in [0.3, 0.4) is 0 Å². The number of rotatable bonds is 15. The number of aliphatic hydroxyl groups excluding tert-OH is 2. The summed E-state index contributed by atoms with van der Waals surface area (Å²) < 4.78 is 5.76. The highest BCUT2D eigenvalue weighted by Crippen LogP contribution is 2.22. The molecule has 282 valence electrons. The van der Waals surface area contributed by atoms with Gasteiger partial charge in [0.25, 0.3) is 0 Å². The van der Waals surface area contributed by atoms with Crippen molar-refractivity contribution in [2.75, 3.05) is 26.8 Å². The van der Waals surface area contributed by atoms with E-state index in [0.717, 1.165) is 25.7 Å². The molecule has 14 heteroatoms. The summed E-state index contributed by atoms with van der Waals surface area (Å²) in [7, 11) is 1.52. The van der Waals surface area contributed by atoms with Crippen molar-refractivity contribution in [2.24, 2.45) is 17.8 Å². The number of amides is 5. The number of esters is 1. The summed E-state index contributed by atoms with van der Waals surface area (Å²) in [5, 5.41) is 29.6. The zero-order valence-corrected chi connectivity index (χ0v) is 30.7. The van der Waals surface area contributed by atoms with Gasteiger partial charge in [-0.2, -0.15) is 0 Å². The van der Waals surface area contributed by atoms with Gasteiger partial charge in [-0.25, -0.2) is 0 Å². The van der Waals surface area contributed by atoms with Gasteiger partial charge < -0.3 is 41.1 Å². The summed E-state index contributed by atoms with van der Waals surface area (Å²) in [6.07, 6.45) is 8.72. The lowest BCUT2D eigenvalue weighted by atomic mass is 9.94. The topological polar surface area (TPSA) is 203 Å². The first kappa shape index (κ1) is 43.8. The molecule has 1 saturated heterocycles. The number of unbranched alkanes of at least 4 members (excludes halogenated alkanes) is 7. The first-order valence-electron chi connectivity index (χ1n) is 18.1. The number of likely N-dealkylation sites (N-methyl/N-ethyl adjacent to an activating group) is 1. The molecule has 5 amide bonds. The molecule has 0 spiro atoms. The van der Waals surface area contributed by atoms with Gasteiger partial charge in [-0.3, -0.25) is 28.8 Å². The Balaban J connectivity index is 3.46. The molecule has 49 heavy (non-hydrogen) atoms. The van der Waals surface area contributed by atoms with Gasteiger partial charge in [0.05, 0.1) is 19.1 Å². The molecule has 1 heterocycles. The third-order valence-electron chi connectivity index (χ3n) is 9.22. The van der Waals surface area contributed by atoms with E-state index >= 15 is 0 Å². The van der Waals surface area contributed by atoms with Gasteiger partial charge in [0.1, 0.15) is 36.8 Å². The predicted octanol–water partition coefficient (Wildman–Crippen LogP) is 1.55. The summed E-state index contributed by atoms with van der Waals surface area (Å²) in [5.41, 5.74) is 0. The highest BCUT2D eigenvalue weighted by atomic mass is 16.5. The number of aliphatic hydroxyl groups is 2. The average Bonchev–Trinajstić information content (AvgIpc) is 3.08. The van der Waals surface area contributed by atoms with Crippen molar-refractivity contribution >= 4 is 35.5 Å². The van der Waals surface area contributed by atoms with Crippen LogP contribution in [0.25, 0.3) is 0 Å². The zero-order valence-electron chi connectivity index (χ0n) is 30.7. The Morgan fingerprint density at radius 3 is 1.88 bits per heavy atom. The molecular formula is C35H63N5O9. The fraction of sp³-hybridized carbons (Fsp3) is 0.829. The van der Waals surface area contributed by atoms with Crippen LogP contribution in [0.1, 0.15) is 112 Å². The summed E-state index contributed by atoms with van der Waals surface area (Å²) >= 11 is 0. The molecule has 1 fully saturated rings. The highest BCUT2D eigenvalue weighted by Gasteiger charge is 2.38. The van der Waals surface area contributed by atoms with Crippen LogP contribution < -0.4 is 21.3 Å². The Morgan fingerprint density at radius 2 is 1.33 bits per heavy atom. The molecule has 0 unspecified atom stereocenters. The first-order chi connectivity index (χ1) is 23.2. The van der Waals surface area contributed by atoms with E-state index < -0.39 is 97.4 Å². The smallest absolute Gasteiger partial charge is 0.325 e. The fourth-order valence-corrected chi connectivity index (χ4v) is 5.78. The lowest BCUT2D eigenvalue weighted by Crippen LogP contribution is -2.61. The van der Waals surface area contributed by atoms with E-state index in [4.69, 9.17) is 4.74 Å². The van der Waals surface area contributed by atoms with Crippen molar-refractivity contribution in [2.45, 2.75) is 142 Å². The summed E-state index contributed by atoms with van der Waals surface area (Å²) in [5.74, 6) is -5.61. The predicted molar refractivity (Wildman–Crippen MR) is 185 cm³/mol. The average molecular weight is 698 g/mol. The third-order valence-corrected chi connectivity index (χ3v) is 9.22. The van der Waals surface area contributed by atoms with Crippen LogP contribution in [-0.2, 0) is 33.5 Å². The molecule has 14 nitrogen and oxygen atoms in total. The third kappa shape index (κ3) is 15.0. The fourth-order valence-electron chi connectivity index (χ4n) is 5.78. The second kappa shape index (κ2) is 23.2. The van der Waals surface area contributed by atoms with E-state index in [2.05, 4.69) is 28.2 Å². The molecular weight excluding hydrogens is 634 g/mol. The van der Waals surface area contributed by atoms with Gasteiger partial charge in [0.2, 0.25) is 29.5 Å². The van der Waals surface area contributed by atoms with Crippen molar-refractivity contribution in [3.8, 4) is 0 Å². The second-order valence-electron chi connectivity index (χ2n) is 13.8. The van der Waals surface area contributed by atoms with E-state index in [1.165, 1.54) is 31.2 Å². The van der Waals surface area contributed by atoms with E-state index in [-0.39, 0.29) is 12.3 Å². The van der Waals surface area contributed by atoms with Crippen LogP contribution >= 0.6 is 0 Å². The molecule has 0 radical (unpaired) electrons. The van der Waals surface area contributed by atoms with Crippen LogP contribution in [0.15, 0.2) is 0 Å². The zero-order chi connectivity index (χ0) is 37.1. The summed E-state index contributed by atoms with van der Waals surface area (Å²) in [6, 6.07) is -5.10. The molecule has 6 N–H and O–H groups in total. The highest BCUT2D eigenvalue weighted by molar-refractivity contribution is 5.96. The SMILES string of the molecule is CCCCCCCCCC[C@H]1OC(=O)CNC(=O)[C@H](CO)NC(=O)[C@H](CO)NC(=O)[C@H]([C@H](C)CC)NC(=O)[C@H](CC(C)C)N(C)C(=O)[C@@H]1C. The van der Waals surface area contributed by atoms with Crippen molar-refractivity contribution in [1.29, 1.82) is 0 Å². The largest absolute Gasteiger partial charge is 0.460 e. The van der Waals surface area contributed by atoms with Crippen LogP contribution in [0.2, 0.25) is 0 Å². The first-order valence-corrected chi connectivity index (χ1v) is 18.1. The standard InChI is InChI=1S/C35H63N5O9/c1-8-10-11-12-13-14-15-16-17-28-24(6)35(48)40(7)27(18-22(3)4)33(46)39-30(23(5)9-2)34(47)38-26(21-42)32(45)37-25(20-41)31(44)36-19-29(43)49-28/h22-28,30,41-42H,8-21H2,1-7H3,(H,36,44)(H,37,45)(H,38,47)(H,39,46)/t23-,24-,25+,26+,27+,28-,30+/m1/s1. The van der Waals surface area contributed by atoms with Crippen LogP contribution in [0.4, 0.5) is 0 Å². The van der Waals surface area contributed by atoms with Crippen molar-refractivity contribution in [3.63, 3.8) is 0 Å². The monoisotopic (exact) mass is 697 g/mol. The van der Waals surface area contributed by atoms with Gasteiger partial charge in [-0.1, -0.05) is 92.9 Å². The molecule has 0 aromatic heterocycles. The number of nitrogens with one attached hydrogen (secondary N) is 4. The Hall–Kier alpha value is -3.26. The van der Waals surface area contributed by atoms with Gasteiger partial charge >= 0.3 is 5.97 Å². The lowest BCUT2D eigenvalue weighted by molar-refractivity contribution is -0.157. The molecule has 0 saturated carbocycles. The molecule has 1 aliphatic rings. The van der Waals surface area contributed by atoms with Crippen molar-refractivity contribution < 1.29 is 43.7 Å². The van der Waals surface area contributed by atoms with E-state index in [9.17, 15) is 39.0 Å². The maximum absolute atomic E-state index is 14.0. The Bertz CT molecular complexity index is 1070. The number of ether oxygens (including phenoxy) is 1. The molecule has 0 aromatic carbocycles.